The summed E-state index contributed by atoms with van der Waals surface area (Å²) in [4.78, 5) is 27.7. The molecule has 1 saturated heterocycles. The Kier molecular flexibility index (Phi) is 9.43. The highest BCUT2D eigenvalue weighted by Gasteiger charge is 2.20. The number of carbonyl (C=O) groups excluding carboxylic acids is 2. The quantitative estimate of drug-likeness (QED) is 0.592. The van der Waals surface area contributed by atoms with Gasteiger partial charge in [-0.1, -0.05) is 55.8 Å². The van der Waals surface area contributed by atoms with Crippen LogP contribution in [0, 0.1) is 0 Å². The third-order valence-corrected chi connectivity index (χ3v) is 6.42. The summed E-state index contributed by atoms with van der Waals surface area (Å²) in [5.41, 5.74) is 2.98. The van der Waals surface area contributed by atoms with Crippen molar-refractivity contribution in [3.63, 3.8) is 0 Å². The number of anilines is 1. The molecule has 31 heavy (non-hydrogen) atoms. The molecule has 2 N–H and O–H groups in total. The lowest BCUT2D eigenvalue weighted by atomic mass is 10.1. The largest absolute Gasteiger partial charge is 0.344 e. The van der Waals surface area contributed by atoms with Gasteiger partial charge in [-0.2, -0.15) is 11.8 Å². The van der Waals surface area contributed by atoms with Crippen LogP contribution in [0.25, 0.3) is 0 Å². The number of nitrogens with one attached hydrogen (secondary N) is 2. The topological polar surface area (TPSA) is 61.4 Å². The minimum atomic E-state index is -0.530. The number of rotatable bonds is 10. The summed E-state index contributed by atoms with van der Waals surface area (Å²) < 4.78 is 0. The maximum Gasteiger partial charge on any atom is 0.246 e. The number of hydrogen-bond acceptors (Lipinski definition) is 4. The summed E-state index contributed by atoms with van der Waals surface area (Å²) in [5, 5.41) is 5.86. The van der Waals surface area contributed by atoms with E-state index in [0.29, 0.717) is 6.42 Å². The van der Waals surface area contributed by atoms with Crippen LogP contribution in [-0.4, -0.2) is 53.9 Å². The average Bonchev–Trinajstić information content (AvgIpc) is 2.79. The van der Waals surface area contributed by atoms with E-state index in [9.17, 15) is 9.59 Å². The number of carbonyl (C=O) groups is 2. The third-order valence-electron chi connectivity index (χ3n) is 5.48. The van der Waals surface area contributed by atoms with E-state index in [1.165, 1.54) is 30.2 Å². The van der Waals surface area contributed by atoms with Crippen LogP contribution in [0.3, 0.4) is 0 Å². The second-order valence-corrected chi connectivity index (χ2v) is 9.19. The second kappa shape index (κ2) is 12.5. The van der Waals surface area contributed by atoms with E-state index in [1.807, 2.05) is 61.2 Å². The summed E-state index contributed by atoms with van der Waals surface area (Å²) in [5.74, 6) is 2.16. The third kappa shape index (κ3) is 8.04. The predicted octanol–water partition coefficient (Wildman–Crippen LogP) is 3.74. The molecule has 5 nitrogen and oxygen atoms in total. The lowest BCUT2D eigenvalue weighted by Crippen LogP contribution is -2.44. The van der Waals surface area contributed by atoms with Gasteiger partial charge in [-0.05, 0) is 36.1 Å². The number of nitrogens with zero attached hydrogens (tertiary/aromatic N) is 1. The monoisotopic (exact) mass is 439 g/mol. The molecule has 0 radical (unpaired) electrons. The standard InChI is InChI=1S/C25H33N3O2S/c1-2-6-23(27-24(29)19-21-7-4-3-5-8-21)25(30)26-22-11-9-20(10-12-22)13-14-28-15-17-31-18-16-28/h3-5,7-12,23H,2,6,13-19H2,1H3,(H,26,30)(H,27,29). The van der Waals surface area contributed by atoms with Gasteiger partial charge in [0.15, 0.2) is 0 Å². The summed E-state index contributed by atoms with van der Waals surface area (Å²) >= 11 is 2.03. The van der Waals surface area contributed by atoms with E-state index in [0.717, 1.165) is 30.6 Å². The lowest BCUT2D eigenvalue weighted by molar-refractivity contribution is -0.126. The molecular formula is C25H33N3O2S. The molecule has 0 saturated carbocycles. The Morgan fingerprint density at radius 2 is 1.71 bits per heavy atom. The highest BCUT2D eigenvalue weighted by molar-refractivity contribution is 7.99. The molecule has 0 bridgehead atoms. The normalized spacial score (nSPS) is 15.3. The van der Waals surface area contributed by atoms with Gasteiger partial charge >= 0.3 is 0 Å². The number of thioether (sulfide) groups is 1. The van der Waals surface area contributed by atoms with Gasteiger partial charge in [0.1, 0.15) is 6.04 Å². The van der Waals surface area contributed by atoms with Crippen LogP contribution < -0.4 is 10.6 Å². The highest BCUT2D eigenvalue weighted by atomic mass is 32.2. The van der Waals surface area contributed by atoms with Crippen molar-refractivity contribution >= 4 is 29.3 Å². The Labute approximate surface area is 190 Å². The maximum absolute atomic E-state index is 12.8. The molecular weight excluding hydrogens is 406 g/mol. The van der Waals surface area contributed by atoms with Crippen molar-refractivity contribution in [3.05, 3.63) is 65.7 Å². The zero-order valence-electron chi connectivity index (χ0n) is 18.3. The lowest BCUT2D eigenvalue weighted by Gasteiger charge is -2.26. The number of hydrogen-bond donors (Lipinski definition) is 2. The molecule has 1 heterocycles. The molecule has 6 heteroatoms. The van der Waals surface area contributed by atoms with Crippen LogP contribution in [0.15, 0.2) is 54.6 Å². The Morgan fingerprint density at radius 1 is 1.00 bits per heavy atom. The van der Waals surface area contributed by atoms with Gasteiger partial charge in [-0.25, -0.2) is 0 Å². The van der Waals surface area contributed by atoms with Crippen LogP contribution >= 0.6 is 11.8 Å². The van der Waals surface area contributed by atoms with E-state index in [4.69, 9.17) is 0 Å². The van der Waals surface area contributed by atoms with E-state index in [1.54, 1.807) is 0 Å². The van der Waals surface area contributed by atoms with Gasteiger partial charge in [0.2, 0.25) is 11.8 Å². The first kappa shape index (κ1) is 23.4. The Bertz CT molecular complexity index is 820. The van der Waals surface area contributed by atoms with Gasteiger partial charge in [0.25, 0.3) is 0 Å². The highest BCUT2D eigenvalue weighted by Crippen LogP contribution is 2.14. The van der Waals surface area contributed by atoms with Crippen LogP contribution in [0.2, 0.25) is 0 Å². The first-order valence-electron chi connectivity index (χ1n) is 11.2. The molecule has 0 aliphatic carbocycles. The number of benzene rings is 2. The molecule has 0 spiro atoms. The van der Waals surface area contributed by atoms with E-state index in [2.05, 4.69) is 27.7 Å². The Hall–Kier alpha value is -2.31. The van der Waals surface area contributed by atoms with Crippen LogP contribution in [0.4, 0.5) is 5.69 Å². The van der Waals surface area contributed by atoms with Gasteiger partial charge in [-0.3, -0.25) is 9.59 Å². The van der Waals surface area contributed by atoms with Crippen molar-refractivity contribution in [1.82, 2.24) is 10.2 Å². The molecule has 1 fully saturated rings. The van der Waals surface area contributed by atoms with Gasteiger partial charge in [0, 0.05) is 36.8 Å². The summed E-state index contributed by atoms with van der Waals surface area (Å²) in [6.45, 7) is 5.44. The molecule has 1 unspecified atom stereocenters. The minimum Gasteiger partial charge on any atom is -0.344 e. The minimum absolute atomic E-state index is 0.133. The predicted molar refractivity (Wildman–Crippen MR) is 130 cm³/mol. The molecule has 1 aliphatic rings. The molecule has 1 aliphatic heterocycles. The van der Waals surface area contributed by atoms with Crippen molar-refractivity contribution < 1.29 is 9.59 Å². The molecule has 0 aromatic heterocycles. The van der Waals surface area contributed by atoms with E-state index in [-0.39, 0.29) is 18.2 Å². The van der Waals surface area contributed by atoms with Crippen molar-refractivity contribution in [2.75, 3.05) is 36.5 Å². The molecule has 2 aromatic rings. The van der Waals surface area contributed by atoms with Crippen molar-refractivity contribution in [3.8, 4) is 0 Å². The molecule has 2 aromatic carbocycles. The van der Waals surface area contributed by atoms with E-state index < -0.39 is 6.04 Å². The van der Waals surface area contributed by atoms with Crippen molar-refractivity contribution in [2.24, 2.45) is 0 Å². The first-order chi connectivity index (χ1) is 15.1. The maximum atomic E-state index is 12.8. The summed E-state index contributed by atoms with van der Waals surface area (Å²) in [7, 11) is 0. The fourth-order valence-electron chi connectivity index (χ4n) is 3.68. The van der Waals surface area contributed by atoms with Crippen LogP contribution in [0.1, 0.15) is 30.9 Å². The van der Waals surface area contributed by atoms with Gasteiger partial charge < -0.3 is 15.5 Å². The zero-order valence-corrected chi connectivity index (χ0v) is 19.1. The molecule has 3 rings (SSSR count). The number of amides is 2. The Morgan fingerprint density at radius 3 is 2.39 bits per heavy atom. The van der Waals surface area contributed by atoms with Gasteiger partial charge in [0.05, 0.1) is 6.42 Å². The first-order valence-corrected chi connectivity index (χ1v) is 12.3. The smallest absolute Gasteiger partial charge is 0.246 e. The summed E-state index contributed by atoms with van der Waals surface area (Å²) in [6, 6.07) is 17.1. The van der Waals surface area contributed by atoms with Gasteiger partial charge in [-0.15, -0.1) is 0 Å². The Balaban J connectivity index is 1.49. The molecule has 1 atom stereocenters. The summed E-state index contributed by atoms with van der Waals surface area (Å²) in [6.07, 6.45) is 2.72. The zero-order chi connectivity index (χ0) is 21.9. The van der Waals surface area contributed by atoms with E-state index >= 15 is 0 Å². The SMILES string of the molecule is CCCC(NC(=O)Cc1ccccc1)C(=O)Nc1ccc(CCN2CCSCC2)cc1. The second-order valence-electron chi connectivity index (χ2n) is 7.96. The average molecular weight is 440 g/mol. The molecule has 166 valence electrons. The van der Waals surface area contributed by atoms with Crippen LogP contribution in [-0.2, 0) is 22.4 Å². The fourth-order valence-corrected chi connectivity index (χ4v) is 4.66. The molecule has 2 amide bonds. The van der Waals surface area contributed by atoms with Crippen molar-refractivity contribution in [2.45, 2.75) is 38.6 Å². The van der Waals surface area contributed by atoms with Crippen LogP contribution in [0.5, 0.6) is 0 Å². The van der Waals surface area contributed by atoms with Crippen molar-refractivity contribution in [1.29, 1.82) is 0 Å². The fraction of sp³-hybridized carbons (Fsp3) is 0.440.